The van der Waals surface area contributed by atoms with E-state index in [1.807, 2.05) is 6.92 Å². The van der Waals surface area contributed by atoms with Crippen molar-refractivity contribution in [2.24, 2.45) is 5.73 Å². The standard InChI is InChI=1S/C6H10N4OS/c1-4(2-7)9-6(11)5-3-8-12-10-5/h3-4H,2,7H2,1H3,(H,9,11). The Balaban J connectivity index is 2.50. The van der Waals surface area contributed by atoms with Crippen LogP contribution in [0.4, 0.5) is 0 Å². The quantitative estimate of drug-likeness (QED) is 0.674. The molecule has 0 radical (unpaired) electrons. The first-order valence-corrected chi connectivity index (χ1v) is 4.25. The molecule has 0 saturated heterocycles. The number of amides is 1. The number of carbonyl (C=O) groups is 1. The number of hydrogen-bond acceptors (Lipinski definition) is 5. The van der Waals surface area contributed by atoms with Crippen molar-refractivity contribution in [1.82, 2.24) is 14.1 Å². The molecule has 1 aromatic heterocycles. The molecule has 0 aliphatic carbocycles. The maximum Gasteiger partial charge on any atom is 0.272 e. The van der Waals surface area contributed by atoms with E-state index in [-0.39, 0.29) is 11.9 Å². The molecule has 0 aliphatic heterocycles. The molecule has 1 heterocycles. The Morgan fingerprint density at radius 2 is 2.67 bits per heavy atom. The fraction of sp³-hybridized carbons (Fsp3) is 0.500. The minimum Gasteiger partial charge on any atom is -0.347 e. The van der Waals surface area contributed by atoms with Gasteiger partial charge in [0, 0.05) is 12.6 Å². The van der Waals surface area contributed by atoms with Crippen LogP contribution in [-0.4, -0.2) is 27.2 Å². The van der Waals surface area contributed by atoms with Gasteiger partial charge in [-0.1, -0.05) is 0 Å². The average Bonchev–Trinajstić information content (AvgIpc) is 2.56. The van der Waals surface area contributed by atoms with E-state index >= 15 is 0 Å². The zero-order chi connectivity index (χ0) is 8.97. The van der Waals surface area contributed by atoms with Crippen LogP contribution >= 0.6 is 11.7 Å². The maximum absolute atomic E-state index is 11.2. The molecule has 1 atom stereocenters. The monoisotopic (exact) mass is 186 g/mol. The van der Waals surface area contributed by atoms with E-state index in [0.29, 0.717) is 12.2 Å². The van der Waals surface area contributed by atoms with E-state index in [1.54, 1.807) is 0 Å². The minimum atomic E-state index is -0.221. The summed E-state index contributed by atoms with van der Waals surface area (Å²) in [6.07, 6.45) is 1.43. The molecule has 0 spiro atoms. The summed E-state index contributed by atoms with van der Waals surface area (Å²) in [5.74, 6) is -0.221. The van der Waals surface area contributed by atoms with Crippen LogP contribution in [0.5, 0.6) is 0 Å². The lowest BCUT2D eigenvalue weighted by atomic mass is 10.3. The molecule has 0 aromatic carbocycles. The van der Waals surface area contributed by atoms with Crippen molar-refractivity contribution in [3.05, 3.63) is 11.9 Å². The molecule has 1 unspecified atom stereocenters. The number of carbonyl (C=O) groups excluding carboxylic acids is 1. The molecule has 5 nitrogen and oxygen atoms in total. The highest BCUT2D eigenvalue weighted by Gasteiger charge is 2.10. The summed E-state index contributed by atoms with van der Waals surface area (Å²) in [5, 5.41) is 2.67. The van der Waals surface area contributed by atoms with Crippen LogP contribution in [0.1, 0.15) is 17.4 Å². The fourth-order valence-electron chi connectivity index (χ4n) is 0.621. The third kappa shape index (κ3) is 2.24. The highest BCUT2D eigenvalue weighted by Crippen LogP contribution is 1.94. The predicted molar refractivity (Wildman–Crippen MR) is 45.9 cm³/mol. The second kappa shape index (κ2) is 4.13. The van der Waals surface area contributed by atoms with Crippen molar-refractivity contribution in [2.45, 2.75) is 13.0 Å². The molecule has 1 amide bonds. The van der Waals surface area contributed by atoms with Crippen molar-refractivity contribution >= 4 is 17.6 Å². The summed E-state index contributed by atoms with van der Waals surface area (Å²) in [7, 11) is 0. The molecule has 0 saturated carbocycles. The Morgan fingerprint density at radius 1 is 1.92 bits per heavy atom. The smallest absolute Gasteiger partial charge is 0.272 e. The molecule has 1 aromatic rings. The summed E-state index contributed by atoms with van der Waals surface area (Å²) < 4.78 is 7.50. The molecule has 66 valence electrons. The van der Waals surface area contributed by atoms with Gasteiger partial charge < -0.3 is 11.1 Å². The molecule has 0 fully saturated rings. The SMILES string of the molecule is CC(CN)NC(=O)c1cnsn1. The van der Waals surface area contributed by atoms with E-state index in [1.165, 1.54) is 6.20 Å². The Hall–Kier alpha value is -1.01. The lowest BCUT2D eigenvalue weighted by Crippen LogP contribution is -2.37. The first-order chi connectivity index (χ1) is 5.74. The molecular weight excluding hydrogens is 176 g/mol. The molecule has 0 bridgehead atoms. The summed E-state index contributed by atoms with van der Waals surface area (Å²) in [6.45, 7) is 2.25. The van der Waals surface area contributed by atoms with Crippen LogP contribution in [0.2, 0.25) is 0 Å². The topological polar surface area (TPSA) is 80.9 Å². The number of hydrogen-bond donors (Lipinski definition) is 2. The van der Waals surface area contributed by atoms with Crippen LogP contribution in [0.15, 0.2) is 6.20 Å². The number of nitrogens with zero attached hydrogens (tertiary/aromatic N) is 2. The van der Waals surface area contributed by atoms with Crippen molar-refractivity contribution in [1.29, 1.82) is 0 Å². The number of rotatable bonds is 3. The van der Waals surface area contributed by atoms with Crippen molar-refractivity contribution < 1.29 is 4.79 Å². The van der Waals surface area contributed by atoms with Gasteiger partial charge in [0.15, 0.2) is 5.69 Å². The van der Waals surface area contributed by atoms with Gasteiger partial charge in [-0.25, -0.2) is 0 Å². The van der Waals surface area contributed by atoms with Gasteiger partial charge >= 0.3 is 0 Å². The average molecular weight is 186 g/mol. The highest BCUT2D eigenvalue weighted by atomic mass is 32.1. The molecule has 6 heteroatoms. The summed E-state index contributed by atoms with van der Waals surface area (Å²) in [4.78, 5) is 11.2. The number of aromatic nitrogens is 2. The maximum atomic E-state index is 11.2. The van der Waals surface area contributed by atoms with E-state index in [9.17, 15) is 4.79 Å². The molecule has 1 rings (SSSR count). The van der Waals surface area contributed by atoms with Gasteiger partial charge in [-0.2, -0.15) is 8.75 Å². The van der Waals surface area contributed by atoms with Gasteiger partial charge in [0.2, 0.25) is 0 Å². The second-order valence-electron chi connectivity index (χ2n) is 2.40. The van der Waals surface area contributed by atoms with Gasteiger partial charge in [0.05, 0.1) is 17.9 Å². The predicted octanol–water partition coefficient (Wildman–Crippen LogP) is -0.385. The van der Waals surface area contributed by atoms with Gasteiger partial charge in [-0.05, 0) is 6.92 Å². The lowest BCUT2D eigenvalue weighted by Gasteiger charge is -2.08. The first-order valence-electron chi connectivity index (χ1n) is 3.52. The van der Waals surface area contributed by atoms with E-state index < -0.39 is 0 Å². The van der Waals surface area contributed by atoms with Crippen molar-refractivity contribution in [3.63, 3.8) is 0 Å². The third-order valence-electron chi connectivity index (χ3n) is 1.32. The fourth-order valence-corrected chi connectivity index (χ4v) is 1.03. The Labute approximate surface area is 74.3 Å². The van der Waals surface area contributed by atoms with Crippen LogP contribution in [0.25, 0.3) is 0 Å². The molecule has 3 N–H and O–H groups in total. The molecular formula is C6H10N4OS. The number of nitrogens with two attached hydrogens (primary N) is 1. The van der Waals surface area contributed by atoms with E-state index in [2.05, 4.69) is 14.1 Å². The van der Waals surface area contributed by atoms with E-state index in [4.69, 9.17) is 5.73 Å². The van der Waals surface area contributed by atoms with Crippen LogP contribution < -0.4 is 11.1 Å². The van der Waals surface area contributed by atoms with Gasteiger partial charge in [0.1, 0.15) is 0 Å². The first kappa shape index (κ1) is 9.08. The Morgan fingerprint density at radius 3 is 3.17 bits per heavy atom. The van der Waals surface area contributed by atoms with E-state index in [0.717, 1.165) is 11.7 Å². The van der Waals surface area contributed by atoms with Gasteiger partial charge in [0.25, 0.3) is 5.91 Å². The largest absolute Gasteiger partial charge is 0.347 e. The zero-order valence-electron chi connectivity index (χ0n) is 6.65. The van der Waals surface area contributed by atoms with Gasteiger partial charge in [-0.3, -0.25) is 4.79 Å². The molecule has 12 heavy (non-hydrogen) atoms. The highest BCUT2D eigenvalue weighted by molar-refractivity contribution is 6.99. The van der Waals surface area contributed by atoms with Crippen molar-refractivity contribution in [2.75, 3.05) is 6.54 Å². The van der Waals surface area contributed by atoms with Crippen LogP contribution in [-0.2, 0) is 0 Å². The lowest BCUT2D eigenvalue weighted by molar-refractivity contribution is 0.0937. The normalized spacial score (nSPS) is 12.5. The minimum absolute atomic E-state index is 0.0285. The number of nitrogens with one attached hydrogen (secondary N) is 1. The summed E-state index contributed by atoms with van der Waals surface area (Å²) in [6, 6.07) is -0.0285. The zero-order valence-corrected chi connectivity index (χ0v) is 7.47. The molecule has 0 aliphatic rings. The summed E-state index contributed by atoms with van der Waals surface area (Å²) in [5.41, 5.74) is 5.67. The third-order valence-corrected chi connectivity index (χ3v) is 1.80. The Kier molecular flexibility index (Phi) is 3.12. The van der Waals surface area contributed by atoms with Crippen LogP contribution in [0.3, 0.4) is 0 Å². The van der Waals surface area contributed by atoms with Gasteiger partial charge in [-0.15, -0.1) is 0 Å². The second-order valence-corrected chi connectivity index (χ2v) is 2.96. The Bertz CT molecular complexity index is 248. The van der Waals surface area contributed by atoms with Crippen LogP contribution in [0, 0.1) is 0 Å². The summed E-state index contributed by atoms with van der Waals surface area (Å²) >= 11 is 1.01. The van der Waals surface area contributed by atoms with Crippen molar-refractivity contribution in [3.8, 4) is 0 Å².